The van der Waals surface area contributed by atoms with Gasteiger partial charge >= 0.3 is 6.11 Å². The van der Waals surface area contributed by atoms with E-state index in [1.165, 1.54) is 62.8 Å². The minimum Gasteiger partial charge on any atom is -0.457 e. The van der Waals surface area contributed by atoms with Crippen LogP contribution in [-0.2, 0) is 0 Å². The molecule has 3 aromatic carbocycles. The molecule has 0 amide bonds. The van der Waals surface area contributed by atoms with Gasteiger partial charge < -0.3 is 9.47 Å². The second kappa shape index (κ2) is 13.6. The van der Waals surface area contributed by atoms with Crippen LogP contribution in [-0.4, -0.2) is 13.0 Å². The van der Waals surface area contributed by atoms with E-state index >= 15 is 8.78 Å². The number of hydrogen-bond donors (Lipinski definition) is 0. The lowest BCUT2D eigenvalue weighted by atomic mass is 9.68. The molecule has 43 heavy (non-hydrogen) atoms. The van der Waals surface area contributed by atoms with Gasteiger partial charge in [0, 0.05) is 5.56 Å². The summed E-state index contributed by atoms with van der Waals surface area (Å²) in [6.07, 6.45) is 6.80. The van der Waals surface area contributed by atoms with Crippen LogP contribution in [0, 0.1) is 41.1 Å². The molecule has 2 aliphatic carbocycles. The van der Waals surface area contributed by atoms with Crippen molar-refractivity contribution in [2.75, 3.05) is 6.86 Å². The van der Waals surface area contributed by atoms with Crippen molar-refractivity contribution in [1.29, 1.82) is 0 Å². The van der Waals surface area contributed by atoms with Crippen molar-refractivity contribution in [2.45, 2.75) is 77.2 Å². The summed E-state index contributed by atoms with van der Waals surface area (Å²) in [5.74, 6) is -2.67. The van der Waals surface area contributed by atoms with Crippen molar-refractivity contribution in [1.82, 2.24) is 0 Å². The van der Waals surface area contributed by atoms with Crippen molar-refractivity contribution in [2.24, 2.45) is 23.7 Å². The molecule has 0 bridgehead atoms. The first-order chi connectivity index (χ1) is 20.7. The summed E-state index contributed by atoms with van der Waals surface area (Å²) < 4.78 is 95.4. The van der Waals surface area contributed by atoms with Gasteiger partial charge in [0.1, 0.15) is 11.6 Å². The lowest BCUT2D eigenvalue weighted by Gasteiger charge is -2.39. The lowest BCUT2D eigenvalue weighted by molar-refractivity contribution is -0.224. The number of rotatable bonds is 10. The fourth-order valence-electron chi connectivity index (χ4n) is 7.08. The maximum Gasteiger partial charge on any atom is 0.400 e. The van der Waals surface area contributed by atoms with Crippen LogP contribution in [0.5, 0.6) is 11.5 Å². The van der Waals surface area contributed by atoms with Gasteiger partial charge in [-0.3, -0.25) is 0 Å². The highest BCUT2D eigenvalue weighted by Crippen LogP contribution is 2.46. The maximum atomic E-state index is 15.2. The molecular weight excluding hydrogens is 566 g/mol. The Bertz CT molecular complexity index is 1340. The summed E-state index contributed by atoms with van der Waals surface area (Å²) >= 11 is 0. The summed E-state index contributed by atoms with van der Waals surface area (Å²) in [6, 6.07) is 11.8. The summed E-state index contributed by atoms with van der Waals surface area (Å²) in [6.45, 7) is 0.829. The highest BCUT2D eigenvalue weighted by molar-refractivity contribution is 5.72. The zero-order valence-corrected chi connectivity index (χ0v) is 24.4. The maximum absolute atomic E-state index is 15.2. The second-order valence-corrected chi connectivity index (χ2v) is 12.1. The first-order valence-corrected chi connectivity index (χ1v) is 15.3. The van der Waals surface area contributed by atoms with Crippen LogP contribution in [0.4, 0.5) is 26.3 Å². The van der Waals surface area contributed by atoms with E-state index < -0.39 is 42.1 Å². The van der Waals surface area contributed by atoms with Gasteiger partial charge in [-0.2, -0.15) is 8.78 Å². The fraction of sp³-hybridized carbons (Fsp3) is 0.486. The van der Waals surface area contributed by atoms with E-state index in [9.17, 15) is 17.6 Å². The molecule has 0 saturated heterocycles. The van der Waals surface area contributed by atoms with Crippen LogP contribution in [0.2, 0.25) is 0 Å². The predicted molar refractivity (Wildman–Crippen MR) is 155 cm³/mol. The molecule has 2 nitrogen and oxygen atoms in total. The summed E-state index contributed by atoms with van der Waals surface area (Å²) in [7, 11) is 0. The van der Waals surface area contributed by atoms with Gasteiger partial charge in [-0.05, 0) is 103 Å². The van der Waals surface area contributed by atoms with Gasteiger partial charge in [-0.15, -0.1) is 0 Å². The van der Waals surface area contributed by atoms with Crippen LogP contribution in [0.25, 0.3) is 22.3 Å². The van der Waals surface area contributed by atoms with Crippen LogP contribution >= 0.6 is 0 Å². The second-order valence-electron chi connectivity index (χ2n) is 12.1. The number of benzene rings is 3. The lowest BCUT2D eigenvalue weighted by Crippen LogP contribution is -2.38. The third-order valence-corrected chi connectivity index (χ3v) is 9.42. The van der Waals surface area contributed by atoms with Crippen molar-refractivity contribution < 1.29 is 35.8 Å². The molecule has 2 fully saturated rings. The van der Waals surface area contributed by atoms with Gasteiger partial charge in [0.05, 0.1) is 5.92 Å². The highest BCUT2D eigenvalue weighted by atomic mass is 19.3. The van der Waals surface area contributed by atoms with Crippen LogP contribution in [0.3, 0.4) is 0 Å². The zero-order chi connectivity index (χ0) is 30.6. The number of ether oxygens (including phenoxy) is 2. The van der Waals surface area contributed by atoms with E-state index in [0.29, 0.717) is 35.8 Å². The number of hydrogen-bond acceptors (Lipinski definition) is 2. The van der Waals surface area contributed by atoms with Crippen LogP contribution in [0.15, 0.2) is 54.6 Å². The largest absolute Gasteiger partial charge is 0.457 e. The third kappa shape index (κ3) is 7.32. The Morgan fingerprint density at radius 1 is 0.698 bits per heavy atom. The molecule has 2 saturated carbocycles. The summed E-state index contributed by atoms with van der Waals surface area (Å²) in [4.78, 5) is 0. The minimum absolute atomic E-state index is 0.0313. The molecule has 5 rings (SSSR count). The molecule has 0 aromatic heterocycles. The third-order valence-electron chi connectivity index (χ3n) is 9.42. The minimum atomic E-state index is -3.28. The molecule has 232 valence electrons. The van der Waals surface area contributed by atoms with E-state index in [1.54, 1.807) is 18.2 Å². The first kappa shape index (κ1) is 31.3. The Labute approximate surface area is 249 Å². The van der Waals surface area contributed by atoms with Crippen molar-refractivity contribution in [3.63, 3.8) is 0 Å². The normalized spacial score (nSPS) is 22.8. The fourth-order valence-corrected chi connectivity index (χ4v) is 7.08. The number of halogens is 6. The van der Waals surface area contributed by atoms with Crippen LogP contribution < -0.4 is 9.47 Å². The van der Waals surface area contributed by atoms with Crippen molar-refractivity contribution in [3.8, 4) is 33.8 Å². The van der Waals surface area contributed by atoms with E-state index in [1.807, 2.05) is 0 Å². The van der Waals surface area contributed by atoms with Gasteiger partial charge in [0.2, 0.25) is 6.86 Å². The molecular formula is C35H38F6O2. The topological polar surface area (TPSA) is 18.5 Å². The van der Waals surface area contributed by atoms with Crippen molar-refractivity contribution in [3.05, 3.63) is 72.0 Å². The monoisotopic (exact) mass is 604 g/mol. The highest BCUT2D eigenvalue weighted by Gasteiger charge is 2.45. The van der Waals surface area contributed by atoms with Crippen LogP contribution in [0.1, 0.15) is 71.1 Å². The van der Waals surface area contributed by atoms with Crippen molar-refractivity contribution >= 4 is 0 Å². The Morgan fingerprint density at radius 3 is 1.81 bits per heavy atom. The molecule has 0 unspecified atom stereocenters. The average molecular weight is 605 g/mol. The molecule has 2 aliphatic rings. The molecule has 0 N–H and O–H groups in total. The van der Waals surface area contributed by atoms with Gasteiger partial charge in [-0.25, -0.2) is 17.6 Å². The smallest absolute Gasteiger partial charge is 0.400 e. The molecule has 0 atom stereocenters. The Kier molecular flexibility index (Phi) is 9.92. The zero-order valence-electron chi connectivity index (χ0n) is 24.4. The summed E-state index contributed by atoms with van der Waals surface area (Å²) in [5, 5.41) is 0. The van der Waals surface area contributed by atoms with E-state index in [2.05, 4.69) is 11.7 Å². The van der Waals surface area contributed by atoms with Gasteiger partial charge in [-0.1, -0.05) is 56.9 Å². The molecule has 8 heteroatoms. The SMILES string of the molecule is CCCC1CCC(C2CCC(C(F)(F)Oc3ccc(-c4ccc(-c5cc(F)c(OCF)c(F)c5)c(F)c4)cc3)CC2)CC1. The molecule has 0 aliphatic heterocycles. The first-order valence-electron chi connectivity index (χ1n) is 15.3. The van der Waals surface area contributed by atoms with Gasteiger partial charge in [0.15, 0.2) is 17.4 Å². The Hall–Kier alpha value is -3.16. The average Bonchev–Trinajstić information content (AvgIpc) is 3.00. The molecule has 0 heterocycles. The Balaban J connectivity index is 1.18. The Morgan fingerprint density at radius 2 is 1.26 bits per heavy atom. The van der Waals surface area contributed by atoms with E-state index in [4.69, 9.17) is 4.74 Å². The van der Waals surface area contributed by atoms with E-state index in [0.717, 1.165) is 30.9 Å². The molecule has 3 aromatic rings. The molecule has 0 spiro atoms. The summed E-state index contributed by atoms with van der Waals surface area (Å²) in [5.41, 5.74) is 0.857. The van der Waals surface area contributed by atoms with E-state index in [-0.39, 0.29) is 16.9 Å². The number of alkyl halides is 3. The standard InChI is InChI=1S/C35H38F6O2/c1-2-3-22-4-6-23(7-5-22)24-8-13-28(14-9-24)35(40,41)43-29-15-10-25(11-16-29)26-12-17-30(31(37)18-26)27-19-32(38)34(42-21-36)33(39)20-27/h10-12,15-20,22-24,28H,2-9,13-14,21H2,1H3. The van der Waals surface area contributed by atoms with Gasteiger partial charge in [0.25, 0.3) is 0 Å². The molecule has 0 radical (unpaired) electrons. The predicted octanol–water partition coefficient (Wildman–Crippen LogP) is 11.1. The quantitative estimate of drug-likeness (QED) is 0.214.